The van der Waals surface area contributed by atoms with Gasteiger partial charge in [0.2, 0.25) is 0 Å². The van der Waals surface area contributed by atoms with E-state index in [1.165, 1.54) is 17.6 Å². The predicted molar refractivity (Wildman–Crippen MR) is 58.0 cm³/mol. The number of aliphatic hydroxyl groups is 1. The molecule has 0 saturated carbocycles. The van der Waals surface area contributed by atoms with E-state index in [-0.39, 0.29) is 6.10 Å². The molecule has 1 aliphatic heterocycles. The summed E-state index contributed by atoms with van der Waals surface area (Å²) in [7, 11) is 0. The lowest BCUT2D eigenvalue weighted by Crippen LogP contribution is -2.30. The molecule has 2 N–H and O–H groups in total. The Kier molecular flexibility index (Phi) is 3.17. The van der Waals surface area contributed by atoms with Gasteiger partial charge in [-0.25, -0.2) is 0 Å². The van der Waals surface area contributed by atoms with Crippen LogP contribution in [0.15, 0.2) is 35.5 Å². The number of allylic oxidation sites excluding steroid dienone is 6. The monoisotopic (exact) mass is 191 g/mol. The molecule has 2 bridgehead atoms. The fourth-order valence-electron chi connectivity index (χ4n) is 1.82. The van der Waals surface area contributed by atoms with Gasteiger partial charge in [0, 0.05) is 0 Å². The number of aliphatic hydroxyl groups excluding tert-OH is 1. The Bertz CT molecular complexity index is 263. The fourth-order valence-corrected chi connectivity index (χ4v) is 1.82. The molecule has 0 unspecified atom stereocenters. The van der Waals surface area contributed by atoms with E-state index in [1.807, 2.05) is 0 Å². The number of hydrogen-bond acceptors (Lipinski definition) is 2. The van der Waals surface area contributed by atoms with E-state index in [2.05, 4.69) is 29.6 Å². The van der Waals surface area contributed by atoms with Gasteiger partial charge in [-0.1, -0.05) is 24.3 Å². The van der Waals surface area contributed by atoms with Crippen molar-refractivity contribution in [2.24, 2.45) is 0 Å². The van der Waals surface area contributed by atoms with Gasteiger partial charge >= 0.3 is 0 Å². The molecule has 1 fully saturated rings. The molecule has 0 amide bonds. The van der Waals surface area contributed by atoms with Crippen molar-refractivity contribution in [3.8, 4) is 0 Å². The van der Waals surface area contributed by atoms with Crippen molar-refractivity contribution in [1.82, 2.24) is 5.32 Å². The molecule has 1 heterocycles. The van der Waals surface area contributed by atoms with E-state index in [4.69, 9.17) is 5.11 Å². The SMILES string of the molecule is C1=CC2=CC=C1C2.OC1CCNCC1. The minimum Gasteiger partial charge on any atom is -0.393 e. The Morgan fingerprint density at radius 3 is 1.86 bits per heavy atom. The number of piperidine rings is 1. The summed E-state index contributed by atoms with van der Waals surface area (Å²) in [6, 6.07) is 0. The summed E-state index contributed by atoms with van der Waals surface area (Å²) >= 11 is 0. The van der Waals surface area contributed by atoms with Gasteiger partial charge in [0.1, 0.15) is 0 Å². The van der Waals surface area contributed by atoms with E-state index >= 15 is 0 Å². The molecule has 2 nitrogen and oxygen atoms in total. The number of rotatable bonds is 0. The highest BCUT2D eigenvalue weighted by atomic mass is 16.3. The summed E-state index contributed by atoms with van der Waals surface area (Å²) in [5.74, 6) is 0. The summed E-state index contributed by atoms with van der Waals surface area (Å²) in [5.41, 5.74) is 2.94. The largest absolute Gasteiger partial charge is 0.393 e. The molecule has 3 rings (SSSR count). The third-order valence-corrected chi connectivity index (χ3v) is 2.74. The molecule has 3 aliphatic rings. The van der Waals surface area contributed by atoms with E-state index in [1.54, 1.807) is 0 Å². The molecule has 0 aromatic carbocycles. The lowest BCUT2D eigenvalue weighted by Gasteiger charge is -2.16. The maximum absolute atomic E-state index is 8.87. The van der Waals surface area contributed by atoms with Crippen molar-refractivity contribution in [2.45, 2.75) is 25.4 Å². The molecular formula is C12H17NO. The Hall–Kier alpha value is -0.860. The van der Waals surface area contributed by atoms with Crippen LogP contribution in [0.3, 0.4) is 0 Å². The van der Waals surface area contributed by atoms with Crippen molar-refractivity contribution in [2.75, 3.05) is 13.1 Å². The predicted octanol–water partition coefficient (Wildman–Crippen LogP) is 1.54. The van der Waals surface area contributed by atoms with Crippen LogP contribution in [-0.4, -0.2) is 24.3 Å². The van der Waals surface area contributed by atoms with Crippen LogP contribution < -0.4 is 5.32 Å². The second-order valence-corrected chi connectivity index (χ2v) is 3.97. The smallest absolute Gasteiger partial charge is 0.0564 e. The molecule has 1 saturated heterocycles. The van der Waals surface area contributed by atoms with Crippen LogP contribution in [0.5, 0.6) is 0 Å². The lowest BCUT2D eigenvalue weighted by atomic mass is 10.1. The maximum Gasteiger partial charge on any atom is 0.0564 e. The Morgan fingerprint density at radius 2 is 1.64 bits per heavy atom. The van der Waals surface area contributed by atoms with Gasteiger partial charge in [-0.2, -0.15) is 0 Å². The minimum atomic E-state index is -0.0266. The van der Waals surface area contributed by atoms with Gasteiger partial charge in [0.15, 0.2) is 0 Å². The standard InChI is InChI=1S/C7H6.C5H11NO/c1-2-7-4-3-6(1)5-7;7-5-1-3-6-4-2-5/h1-4H,5H2;5-7H,1-4H2. The van der Waals surface area contributed by atoms with Gasteiger partial charge in [0.05, 0.1) is 6.10 Å². The quantitative estimate of drug-likeness (QED) is 0.609. The van der Waals surface area contributed by atoms with Gasteiger partial charge in [-0.05, 0) is 43.5 Å². The van der Waals surface area contributed by atoms with Crippen molar-refractivity contribution in [3.05, 3.63) is 35.5 Å². The van der Waals surface area contributed by atoms with Gasteiger partial charge < -0.3 is 10.4 Å². The normalized spacial score (nSPS) is 24.1. The Labute approximate surface area is 85.0 Å². The van der Waals surface area contributed by atoms with E-state index in [9.17, 15) is 0 Å². The van der Waals surface area contributed by atoms with Crippen molar-refractivity contribution in [3.63, 3.8) is 0 Å². The molecule has 76 valence electrons. The van der Waals surface area contributed by atoms with Crippen LogP contribution in [0.1, 0.15) is 19.3 Å². The summed E-state index contributed by atoms with van der Waals surface area (Å²) < 4.78 is 0. The molecule has 0 aromatic rings. The van der Waals surface area contributed by atoms with E-state index < -0.39 is 0 Å². The third-order valence-electron chi connectivity index (χ3n) is 2.74. The zero-order chi connectivity index (χ0) is 9.80. The summed E-state index contributed by atoms with van der Waals surface area (Å²) in [6.07, 6.45) is 11.7. The van der Waals surface area contributed by atoms with Crippen LogP contribution in [0.25, 0.3) is 0 Å². The van der Waals surface area contributed by atoms with Gasteiger partial charge in [-0.15, -0.1) is 0 Å². The Morgan fingerprint density at radius 1 is 1.07 bits per heavy atom. The molecule has 0 atom stereocenters. The van der Waals surface area contributed by atoms with E-state index in [0.29, 0.717) is 0 Å². The number of hydrogen-bond donors (Lipinski definition) is 2. The van der Waals surface area contributed by atoms with Gasteiger partial charge in [-0.3, -0.25) is 0 Å². The van der Waals surface area contributed by atoms with Crippen molar-refractivity contribution in [1.29, 1.82) is 0 Å². The topological polar surface area (TPSA) is 32.3 Å². The van der Waals surface area contributed by atoms with Crippen LogP contribution in [0.2, 0.25) is 0 Å². The van der Waals surface area contributed by atoms with Crippen molar-refractivity contribution < 1.29 is 5.11 Å². The molecule has 14 heavy (non-hydrogen) atoms. The number of fused-ring (bicyclic) bond motifs is 2. The Balaban J connectivity index is 0.000000107. The van der Waals surface area contributed by atoms with Crippen LogP contribution in [0, 0.1) is 0 Å². The molecule has 2 heteroatoms. The van der Waals surface area contributed by atoms with Crippen LogP contribution >= 0.6 is 0 Å². The zero-order valence-electron chi connectivity index (χ0n) is 8.37. The van der Waals surface area contributed by atoms with Gasteiger partial charge in [0.25, 0.3) is 0 Å². The second-order valence-electron chi connectivity index (χ2n) is 3.97. The molecule has 2 aliphatic carbocycles. The van der Waals surface area contributed by atoms with Crippen molar-refractivity contribution >= 4 is 0 Å². The molecule has 0 spiro atoms. The average molecular weight is 191 g/mol. The second kappa shape index (κ2) is 4.58. The summed E-state index contributed by atoms with van der Waals surface area (Å²) in [5, 5.41) is 12.0. The number of nitrogens with one attached hydrogen (secondary N) is 1. The summed E-state index contributed by atoms with van der Waals surface area (Å²) in [6.45, 7) is 1.97. The first-order valence-electron chi connectivity index (χ1n) is 5.31. The van der Waals surface area contributed by atoms with Crippen LogP contribution in [0.4, 0.5) is 0 Å². The average Bonchev–Trinajstić information content (AvgIpc) is 2.83. The first-order valence-corrected chi connectivity index (χ1v) is 5.31. The first kappa shape index (κ1) is 9.69. The molecule has 0 radical (unpaired) electrons. The zero-order valence-corrected chi connectivity index (χ0v) is 8.37. The minimum absolute atomic E-state index is 0.0266. The summed E-state index contributed by atoms with van der Waals surface area (Å²) in [4.78, 5) is 0. The van der Waals surface area contributed by atoms with E-state index in [0.717, 1.165) is 25.9 Å². The molecular weight excluding hydrogens is 174 g/mol. The third kappa shape index (κ3) is 2.56. The molecule has 0 aromatic heterocycles. The van der Waals surface area contributed by atoms with Crippen LogP contribution in [-0.2, 0) is 0 Å². The highest BCUT2D eigenvalue weighted by Crippen LogP contribution is 2.27. The first-order chi connectivity index (χ1) is 6.84. The maximum atomic E-state index is 8.87. The highest BCUT2D eigenvalue weighted by molar-refractivity contribution is 5.49. The lowest BCUT2D eigenvalue weighted by molar-refractivity contribution is 0.137. The highest BCUT2D eigenvalue weighted by Gasteiger charge is 2.08. The fraction of sp³-hybridized carbons (Fsp3) is 0.500.